The molecule has 0 aliphatic rings. The van der Waals surface area contributed by atoms with Crippen LogP contribution in [0.2, 0.25) is 0 Å². The van der Waals surface area contributed by atoms with Crippen LogP contribution in [0.4, 0.5) is 0 Å². The zero-order valence-electron chi connectivity index (χ0n) is 11.2. The molecule has 0 aromatic heterocycles. The number of unbranched alkanes of at least 4 members (excludes halogenated alkanes) is 4. The van der Waals surface area contributed by atoms with Gasteiger partial charge in [-0.3, -0.25) is 4.79 Å². The van der Waals surface area contributed by atoms with Crippen molar-refractivity contribution in [3.05, 3.63) is 0 Å². The number of rotatable bonds is 11. The first kappa shape index (κ1) is 16.4. The number of hydrogen-bond acceptors (Lipinski definition) is 3. The first-order valence-electron chi connectivity index (χ1n) is 6.68. The lowest BCUT2D eigenvalue weighted by Crippen LogP contribution is -2.33. The lowest BCUT2D eigenvalue weighted by molar-refractivity contribution is -0.137. The molecule has 0 aromatic carbocycles. The minimum Gasteiger partial charge on any atom is -0.481 e. The molecule has 1 atom stereocenters. The molecule has 0 rings (SSSR count). The van der Waals surface area contributed by atoms with Crippen LogP contribution in [0.3, 0.4) is 0 Å². The van der Waals surface area contributed by atoms with E-state index in [9.17, 15) is 9.90 Å². The van der Waals surface area contributed by atoms with Crippen molar-refractivity contribution in [3.63, 3.8) is 0 Å². The van der Waals surface area contributed by atoms with Crippen molar-refractivity contribution in [2.75, 3.05) is 19.6 Å². The second kappa shape index (κ2) is 10.5. The maximum atomic E-state index is 10.5. The summed E-state index contributed by atoms with van der Waals surface area (Å²) >= 11 is 0. The van der Waals surface area contributed by atoms with E-state index >= 15 is 0 Å². The minimum absolute atomic E-state index is 0.154. The van der Waals surface area contributed by atoms with Crippen LogP contribution >= 0.6 is 0 Å². The normalized spacial score (nSPS) is 12.9. The van der Waals surface area contributed by atoms with Gasteiger partial charge in [0.25, 0.3) is 0 Å². The Hall–Kier alpha value is -0.610. The van der Waals surface area contributed by atoms with Gasteiger partial charge in [-0.05, 0) is 19.9 Å². The third kappa shape index (κ3) is 11.6. The topological polar surface area (TPSA) is 60.8 Å². The van der Waals surface area contributed by atoms with Gasteiger partial charge in [-0.25, -0.2) is 0 Å². The highest BCUT2D eigenvalue weighted by Gasteiger charge is 2.09. The molecule has 0 amide bonds. The molecule has 0 spiro atoms. The molecule has 0 saturated heterocycles. The van der Waals surface area contributed by atoms with E-state index in [-0.39, 0.29) is 12.5 Å². The summed E-state index contributed by atoms with van der Waals surface area (Å²) in [5.74, 6) is -0.772. The Bertz CT molecular complexity index is 195. The predicted molar refractivity (Wildman–Crippen MR) is 69.1 cm³/mol. The van der Waals surface area contributed by atoms with E-state index in [0.29, 0.717) is 13.1 Å². The summed E-state index contributed by atoms with van der Waals surface area (Å²) in [6.45, 7) is 5.93. The van der Waals surface area contributed by atoms with Crippen molar-refractivity contribution < 1.29 is 15.0 Å². The molecule has 4 nitrogen and oxygen atoms in total. The van der Waals surface area contributed by atoms with E-state index in [2.05, 4.69) is 6.92 Å². The predicted octanol–water partition coefficient (Wildman–Crippen LogP) is 2.11. The SMILES string of the molecule is CCCCCCCN(CCC(=O)O)CC(C)O. The molecular formula is C13H27NO3. The van der Waals surface area contributed by atoms with Gasteiger partial charge in [0.2, 0.25) is 0 Å². The molecule has 2 N–H and O–H groups in total. The number of aliphatic hydroxyl groups is 1. The highest BCUT2D eigenvalue weighted by molar-refractivity contribution is 5.66. The number of carboxylic acids is 1. The second-order valence-electron chi connectivity index (χ2n) is 4.71. The van der Waals surface area contributed by atoms with Crippen LogP contribution < -0.4 is 0 Å². The van der Waals surface area contributed by atoms with Crippen LogP contribution in [0.15, 0.2) is 0 Å². The summed E-state index contributed by atoms with van der Waals surface area (Å²) in [6.07, 6.45) is 5.80. The number of hydrogen-bond donors (Lipinski definition) is 2. The Balaban J connectivity index is 3.72. The third-order valence-corrected chi connectivity index (χ3v) is 2.74. The van der Waals surface area contributed by atoms with Gasteiger partial charge in [0.05, 0.1) is 12.5 Å². The molecule has 0 aromatic rings. The molecule has 102 valence electrons. The van der Waals surface area contributed by atoms with E-state index in [1.807, 2.05) is 4.90 Å². The number of nitrogens with zero attached hydrogens (tertiary/aromatic N) is 1. The van der Waals surface area contributed by atoms with Gasteiger partial charge >= 0.3 is 5.97 Å². The fourth-order valence-corrected chi connectivity index (χ4v) is 1.86. The highest BCUT2D eigenvalue weighted by atomic mass is 16.4. The monoisotopic (exact) mass is 245 g/mol. The highest BCUT2D eigenvalue weighted by Crippen LogP contribution is 2.05. The van der Waals surface area contributed by atoms with Crippen molar-refractivity contribution in [1.29, 1.82) is 0 Å². The lowest BCUT2D eigenvalue weighted by Gasteiger charge is -2.22. The van der Waals surface area contributed by atoms with Gasteiger partial charge < -0.3 is 15.1 Å². The van der Waals surface area contributed by atoms with E-state index < -0.39 is 5.97 Å². The van der Waals surface area contributed by atoms with Crippen LogP contribution in [0.5, 0.6) is 0 Å². The molecule has 0 saturated carbocycles. The summed E-state index contributed by atoms with van der Waals surface area (Å²) in [4.78, 5) is 12.6. The van der Waals surface area contributed by atoms with Crippen molar-refractivity contribution in [3.8, 4) is 0 Å². The number of carboxylic acid groups (broad SMARTS) is 1. The molecule has 17 heavy (non-hydrogen) atoms. The lowest BCUT2D eigenvalue weighted by atomic mass is 10.1. The van der Waals surface area contributed by atoms with Gasteiger partial charge in [0.1, 0.15) is 0 Å². The molecule has 0 aliphatic heterocycles. The van der Waals surface area contributed by atoms with Crippen molar-refractivity contribution in [1.82, 2.24) is 4.90 Å². The molecule has 0 bridgehead atoms. The maximum absolute atomic E-state index is 10.5. The second-order valence-corrected chi connectivity index (χ2v) is 4.71. The fourth-order valence-electron chi connectivity index (χ4n) is 1.86. The van der Waals surface area contributed by atoms with Gasteiger partial charge in [0.15, 0.2) is 0 Å². The Labute approximate surface area is 105 Å². The third-order valence-electron chi connectivity index (χ3n) is 2.74. The Morgan fingerprint density at radius 3 is 2.35 bits per heavy atom. The zero-order chi connectivity index (χ0) is 13.1. The first-order valence-corrected chi connectivity index (χ1v) is 6.68. The summed E-state index contributed by atoms with van der Waals surface area (Å²) < 4.78 is 0. The van der Waals surface area contributed by atoms with E-state index in [0.717, 1.165) is 13.0 Å². The van der Waals surface area contributed by atoms with E-state index in [1.54, 1.807) is 6.92 Å². The standard InChI is InChI=1S/C13H27NO3/c1-3-4-5-6-7-9-14(11-12(2)15)10-8-13(16)17/h12,15H,3-11H2,1-2H3,(H,16,17). The van der Waals surface area contributed by atoms with Crippen LogP contribution in [0.25, 0.3) is 0 Å². The number of aliphatic carboxylic acids is 1. The van der Waals surface area contributed by atoms with Gasteiger partial charge in [-0.1, -0.05) is 32.6 Å². The Morgan fingerprint density at radius 1 is 1.18 bits per heavy atom. The van der Waals surface area contributed by atoms with Crippen molar-refractivity contribution in [2.24, 2.45) is 0 Å². The Kier molecular flexibility index (Phi) is 10.2. The number of aliphatic hydroxyl groups excluding tert-OH is 1. The minimum atomic E-state index is -0.772. The van der Waals surface area contributed by atoms with Gasteiger partial charge in [-0.15, -0.1) is 0 Å². The van der Waals surface area contributed by atoms with E-state index in [4.69, 9.17) is 5.11 Å². The molecule has 0 radical (unpaired) electrons. The zero-order valence-corrected chi connectivity index (χ0v) is 11.2. The quantitative estimate of drug-likeness (QED) is 0.547. The molecule has 1 unspecified atom stereocenters. The smallest absolute Gasteiger partial charge is 0.304 e. The molecule has 0 heterocycles. The molecular weight excluding hydrogens is 218 g/mol. The summed E-state index contributed by atoms with van der Waals surface area (Å²) in [5.41, 5.74) is 0. The van der Waals surface area contributed by atoms with Crippen molar-refractivity contribution in [2.45, 2.75) is 58.5 Å². The average Bonchev–Trinajstić information content (AvgIpc) is 2.24. The molecule has 0 aliphatic carbocycles. The van der Waals surface area contributed by atoms with Crippen molar-refractivity contribution >= 4 is 5.97 Å². The first-order chi connectivity index (χ1) is 8.06. The van der Waals surface area contributed by atoms with E-state index in [1.165, 1.54) is 25.7 Å². The Morgan fingerprint density at radius 2 is 1.82 bits per heavy atom. The van der Waals surface area contributed by atoms with Gasteiger partial charge in [0, 0.05) is 13.1 Å². The summed E-state index contributed by atoms with van der Waals surface area (Å²) in [6, 6.07) is 0. The van der Waals surface area contributed by atoms with Crippen LogP contribution in [-0.2, 0) is 4.79 Å². The van der Waals surface area contributed by atoms with Crippen LogP contribution in [0, 0.1) is 0 Å². The number of carbonyl (C=O) groups is 1. The van der Waals surface area contributed by atoms with Crippen LogP contribution in [-0.4, -0.2) is 46.8 Å². The largest absolute Gasteiger partial charge is 0.481 e. The molecule has 0 fully saturated rings. The maximum Gasteiger partial charge on any atom is 0.304 e. The summed E-state index contributed by atoms with van der Waals surface area (Å²) in [7, 11) is 0. The van der Waals surface area contributed by atoms with Gasteiger partial charge in [-0.2, -0.15) is 0 Å². The molecule has 4 heteroatoms. The van der Waals surface area contributed by atoms with Crippen LogP contribution in [0.1, 0.15) is 52.4 Å². The summed E-state index contributed by atoms with van der Waals surface area (Å²) in [5, 5.41) is 18.0. The average molecular weight is 245 g/mol. The fraction of sp³-hybridized carbons (Fsp3) is 0.923.